The first-order valence-electron chi connectivity index (χ1n) is 16.0. The number of allylic oxidation sites excluding steroid dienone is 13. The first-order valence-corrected chi connectivity index (χ1v) is 16.0. The van der Waals surface area contributed by atoms with Crippen molar-refractivity contribution in [1.29, 1.82) is 0 Å². The smallest absolute Gasteiger partial charge is 0.0210 e. The van der Waals surface area contributed by atoms with E-state index in [2.05, 4.69) is 126 Å². The standard InChI is InChI=1S/C43H44/c1-8-14-28(5)40-29(6)23-36-26-35(25-31-19-20-34(24-31)38-17-13-12-16-37(38)27(3)4)30(7)41(36)43(40)42-32(9-2)21-22-33-15-10-11-18-39(33)42/h10-13,15-23,25,41,43H,3,5,7-9,14,24,26H2,1-2,4,6H3/b35-25+. The van der Waals surface area contributed by atoms with Crippen LogP contribution >= 0.6 is 0 Å². The molecule has 0 aliphatic heterocycles. The maximum absolute atomic E-state index is 4.84. The van der Waals surface area contributed by atoms with Crippen LogP contribution < -0.4 is 0 Å². The van der Waals surface area contributed by atoms with Gasteiger partial charge in [-0.1, -0.05) is 142 Å². The van der Waals surface area contributed by atoms with Gasteiger partial charge in [0.25, 0.3) is 0 Å². The average Bonchev–Trinajstić information content (AvgIpc) is 3.59. The van der Waals surface area contributed by atoms with Crippen LogP contribution in [0.25, 0.3) is 21.9 Å². The monoisotopic (exact) mass is 560 g/mol. The molecule has 3 aliphatic rings. The summed E-state index contributed by atoms with van der Waals surface area (Å²) < 4.78 is 0. The van der Waals surface area contributed by atoms with Crippen molar-refractivity contribution in [3.8, 4) is 0 Å². The molecule has 2 atom stereocenters. The molecule has 3 aliphatic carbocycles. The first kappa shape index (κ1) is 28.9. The Kier molecular flexibility index (Phi) is 7.97. The van der Waals surface area contributed by atoms with Crippen LogP contribution in [0.2, 0.25) is 0 Å². The molecule has 0 spiro atoms. The fourth-order valence-corrected chi connectivity index (χ4v) is 7.79. The van der Waals surface area contributed by atoms with E-state index in [1.165, 1.54) is 77.6 Å². The Morgan fingerprint density at radius 3 is 2.44 bits per heavy atom. The lowest BCUT2D eigenvalue weighted by atomic mass is 9.67. The molecule has 6 rings (SSSR count). The van der Waals surface area contributed by atoms with Crippen LogP contribution in [0.5, 0.6) is 0 Å². The molecule has 0 heterocycles. The number of fused-ring (bicyclic) bond motifs is 2. The van der Waals surface area contributed by atoms with Gasteiger partial charge in [-0.05, 0) is 106 Å². The number of rotatable bonds is 8. The summed E-state index contributed by atoms with van der Waals surface area (Å²) in [7, 11) is 0. The van der Waals surface area contributed by atoms with E-state index < -0.39 is 0 Å². The highest BCUT2D eigenvalue weighted by molar-refractivity contribution is 5.89. The molecular formula is C43H44. The fourth-order valence-electron chi connectivity index (χ4n) is 7.79. The van der Waals surface area contributed by atoms with Crippen molar-refractivity contribution >= 4 is 21.9 Å². The maximum atomic E-state index is 4.84. The molecule has 0 N–H and O–H groups in total. The van der Waals surface area contributed by atoms with Gasteiger partial charge in [0.1, 0.15) is 0 Å². The van der Waals surface area contributed by atoms with E-state index >= 15 is 0 Å². The van der Waals surface area contributed by atoms with Crippen molar-refractivity contribution in [1.82, 2.24) is 0 Å². The molecule has 0 amide bonds. The molecule has 0 saturated heterocycles. The van der Waals surface area contributed by atoms with Gasteiger partial charge < -0.3 is 0 Å². The highest BCUT2D eigenvalue weighted by Crippen LogP contribution is 2.56. The van der Waals surface area contributed by atoms with Gasteiger partial charge in [-0.15, -0.1) is 0 Å². The lowest BCUT2D eigenvalue weighted by Crippen LogP contribution is -2.22. The van der Waals surface area contributed by atoms with Crippen LogP contribution in [0.4, 0.5) is 0 Å². The zero-order valence-electron chi connectivity index (χ0n) is 26.4. The molecule has 1 saturated carbocycles. The molecule has 1 fully saturated rings. The Hall–Kier alpha value is -4.16. The fraction of sp³-hybridized carbons (Fsp3) is 0.256. The largest absolute Gasteiger partial charge is 0.0955 e. The van der Waals surface area contributed by atoms with Gasteiger partial charge in [0.15, 0.2) is 0 Å². The third-order valence-electron chi connectivity index (χ3n) is 9.72. The summed E-state index contributed by atoms with van der Waals surface area (Å²) in [6.45, 7) is 22.7. The zero-order chi connectivity index (χ0) is 30.2. The topological polar surface area (TPSA) is 0 Å². The number of hydrogen-bond acceptors (Lipinski definition) is 0. The highest BCUT2D eigenvalue weighted by atomic mass is 14.4. The Labute approximate surface area is 258 Å². The molecular weight excluding hydrogens is 516 g/mol. The Bertz CT molecular complexity index is 1820. The summed E-state index contributed by atoms with van der Waals surface area (Å²) >= 11 is 0. The number of aryl methyl sites for hydroxylation is 1. The Morgan fingerprint density at radius 1 is 0.907 bits per heavy atom. The number of hydrogen-bond donors (Lipinski definition) is 0. The van der Waals surface area contributed by atoms with Gasteiger partial charge in [-0.25, -0.2) is 0 Å². The van der Waals surface area contributed by atoms with E-state index in [4.69, 9.17) is 6.58 Å². The summed E-state index contributed by atoms with van der Waals surface area (Å²) in [5.41, 5.74) is 17.5. The molecule has 0 aromatic heterocycles. The lowest BCUT2D eigenvalue weighted by Gasteiger charge is -2.36. The molecule has 0 radical (unpaired) electrons. The molecule has 0 bridgehead atoms. The van der Waals surface area contributed by atoms with Crippen molar-refractivity contribution in [2.75, 3.05) is 0 Å². The summed E-state index contributed by atoms with van der Waals surface area (Å²) in [4.78, 5) is 0. The van der Waals surface area contributed by atoms with Crippen LogP contribution in [-0.2, 0) is 6.42 Å². The van der Waals surface area contributed by atoms with Crippen molar-refractivity contribution in [2.24, 2.45) is 5.92 Å². The maximum Gasteiger partial charge on any atom is 0.0210 e. The van der Waals surface area contributed by atoms with Gasteiger partial charge >= 0.3 is 0 Å². The van der Waals surface area contributed by atoms with Crippen LogP contribution in [0.1, 0.15) is 81.5 Å². The second-order valence-corrected chi connectivity index (χ2v) is 12.6. The van der Waals surface area contributed by atoms with Gasteiger partial charge in [-0.2, -0.15) is 0 Å². The van der Waals surface area contributed by atoms with Crippen LogP contribution in [0.15, 0.2) is 144 Å². The predicted molar refractivity (Wildman–Crippen MR) is 188 cm³/mol. The third kappa shape index (κ3) is 5.18. The quantitative estimate of drug-likeness (QED) is 0.257. The Morgan fingerprint density at radius 2 is 1.67 bits per heavy atom. The second-order valence-electron chi connectivity index (χ2n) is 12.6. The SMILES string of the molecule is C=C(CCC)C1=C(C)C=C2C/C(=C\C3=CC=C(c4ccccc4C(=C)C)C3)C(=C)C2C1c1c(CC)ccc2ccccc12. The molecule has 2 unspecified atom stereocenters. The molecule has 3 aromatic rings. The van der Waals surface area contributed by atoms with Gasteiger partial charge in [0, 0.05) is 11.8 Å². The zero-order valence-corrected chi connectivity index (χ0v) is 26.4. The molecule has 43 heavy (non-hydrogen) atoms. The van der Waals surface area contributed by atoms with E-state index in [1.54, 1.807) is 0 Å². The van der Waals surface area contributed by atoms with E-state index in [9.17, 15) is 0 Å². The predicted octanol–water partition coefficient (Wildman–Crippen LogP) is 12.0. The summed E-state index contributed by atoms with van der Waals surface area (Å²) in [5, 5.41) is 2.68. The molecule has 0 nitrogen and oxygen atoms in total. The van der Waals surface area contributed by atoms with Crippen LogP contribution in [0, 0.1) is 5.92 Å². The third-order valence-corrected chi connectivity index (χ3v) is 9.72. The normalized spacial score (nSPS) is 20.8. The lowest BCUT2D eigenvalue weighted by molar-refractivity contribution is 0.618. The van der Waals surface area contributed by atoms with E-state index in [0.29, 0.717) is 0 Å². The van der Waals surface area contributed by atoms with Crippen molar-refractivity contribution in [2.45, 2.75) is 65.7 Å². The molecule has 0 heteroatoms. The summed E-state index contributed by atoms with van der Waals surface area (Å²) in [5.74, 6) is 0.487. The van der Waals surface area contributed by atoms with Crippen molar-refractivity contribution in [3.63, 3.8) is 0 Å². The van der Waals surface area contributed by atoms with E-state index in [1.807, 2.05) is 0 Å². The second kappa shape index (κ2) is 11.8. The van der Waals surface area contributed by atoms with E-state index in [0.717, 1.165) is 37.7 Å². The minimum atomic E-state index is 0.229. The molecule has 3 aromatic carbocycles. The minimum absolute atomic E-state index is 0.229. The van der Waals surface area contributed by atoms with Crippen LogP contribution in [-0.4, -0.2) is 0 Å². The van der Waals surface area contributed by atoms with Gasteiger partial charge in [0.05, 0.1) is 0 Å². The number of benzene rings is 3. The van der Waals surface area contributed by atoms with Gasteiger partial charge in [0.2, 0.25) is 0 Å². The summed E-state index contributed by atoms with van der Waals surface area (Å²) in [6, 6.07) is 22.2. The van der Waals surface area contributed by atoms with Crippen molar-refractivity contribution in [3.05, 3.63) is 166 Å². The Balaban J connectivity index is 1.40. The average molecular weight is 561 g/mol. The minimum Gasteiger partial charge on any atom is -0.0955 e. The highest BCUT2D eigenvalue weighted by Gasteiger charge is 2.42. The first-order chi connectivity index (χ1) is 20.8. The van der Waals surface area contributed by atoms with Crippen LogP contribution in [0.3, 0.4) is 0 Å². The van der Waals surface area contributed by atoms with Crippen molar-refractivity contribution < 1.29 is 0 Å². The van der Waals surface area contributed by atoms with E-state index in [-0.39, 0.29) is 11.8 Å². The molecule has 216 valence electrons. The van der Waals surface area contributed by atoms with Gasteiger partial charge in [-0.3, -0.25) is 0 Å². The summed E-state index contributed by atoms with van der Waals surface area (Å²) in [6.07, 6.45) is 14.5.